The highest BCUT2D eigenvalue weighted by atomic mass is 35.5. The van der Waals surface area contributed by atoms with Crippen molar-refractivity contribution in [3.05, 3.63) is 33.9 Å². The highest BCUT2D eigenvalue weighted by Gasteiger charge is 2.14. The first-order chi connectivity index (χ1) is 6.61. The number of hydrogen-bond acceptors (Lipinski definition) is 1. The van der Waals surface area contributed by atoms with Crippen LogP contribution in [-0.2, 0) is 0 Å². The minimum absolute atomic E-state index is 0.0951. The molecule has 1 N–H and O–H groups in total. The molecule has 0 aliphatic heterocycles. The molecule has 0 atom stereocenters. The van der Waals surface area contributed by atoms with Crippen molar-refractivity contribution >= 4 is 39.9 Å². The van der Waals surface area contributed by atoms with E-state index >= 15 is 0 Å². The Morgan fingerprint density at radius 3 is 2.64 bits per heavy atom. The molecule has 4 heteroatoms. The zero-order valence-corrected chi connectivity index (χ0v) is 8.91. The fourth-order valence-electron chi connectivity index (χ4n) is 1.41. The van der Waals surface area contributed by atoms with Crippen LogP contribution in [0.25, 0.3) is 10.9 Å². The van der Waals surface area contributed by atoms with E-state index in [1.807, 2.05) is 6.07 Å². The van der Waals surface area contributed by atoms with E-state index in [2.05, 4.69) is 4.98 Å². The molecule has 0 aliphatic carbocycles. The molecular formula is C10H7Cl2NO. The van der Waals surface area contributed by atoms with Crippen LogP contribution in [0.1, 0.15) is 17.4 Å². The molecule has 0 fully saturated rings. The Balaban J connectivity index is 2.87. The predicted octanol–water partition coefficient (Wildman–Crippen LogP) is 3.68. The quantitative estimate of drug-likeness (QED) is 0.742. The number of nitrogens with one attached hydrogen (secondary N) is 1. The third-order valence-corrected chi connectivity index (χ3v) is 2.76. The average Bonchev–Trinajstić information content (AvgIpc) is 2.45. The molecule has 0 radical (unpaired) electrons. The van der Waals surface area contributed by atoms with Crippen LogP contribution in [-0.4, -0.2) is 10.8 Å². The van der Waals surface area contributed by atoms with Crippen molar-refractivity contribution in [2.24, 2.45) is 0 Å². The standard InChI is InChI=1S/C10H7Cl2NO/c1-5(14)10-9(12)8-6(11)3-2-4-7(8)13-10/h2-4,13H,1H3. The minimum Gasteiger partial charge on any atom is -0.351 e. The Labute approximate surface area is 90.8 Å². The van der Waals surface area contributed by atoms with Crippen LogP contribution in [0.3, 0.4) is 0 Å². The summed E-state index contributed by atoms with van der Waals surface area (Å²) in [5, 5.41) is 1.66. The van der Waals surface area contributed by atoms with Crippen LogP contribution in [0, 0.1) is 0 Å². The van der Waals surface area contributed by atoms with Gasteiger partial charge in [-0.1, -0.05) is 29.3 Å². The number of aromatic nitrogens is 1. The van der Waals surface area contributed by atoms with Gasteiger partial charge in [-0.3, -0.25) is 4.79 Å². The molecule has 0 bridgehead atoms. The van der Waals surface area contributed by atoms with Gasteiger partial charge in [-0.2, -0.15) is 0 Å². The monoisotopic (exact) mass is 227 g/mol. The molecule has 2 aromatic rings. The fourth-order valence-corrected chi connectivity index (χ4v) is 2.11. The van der Waals surface area contributed by atoms with E-state index in [0.717, 1.165) is 5.52 Å². The average molecular weight is 228 g/mol. The lowest BCUT2D eigenvalue weighted by atomic mass is 10.2. The van der Waals surface area contributed by atoms with Crippen molar-refractivity contribution in [1.29, 1.82) is 0 Å². The van der Waals surface area contributed by atoms with Gasteiger partial charge < -0.3 is 4.98 Å². The van der Waals surface area contributed by atoms with Crippen molar-refractivity contribution in [2.45, 2.75) is 6.92 Å². The highest BCUT2D eigenvalue weighted by Crippen LogP contribution is 2.33. The summed E-state index contributed by atoms with van der Waals surface area (Å²) in [4.78, 5) is 14.1. The summed E-state index contributed by atoms with van der Waals surface area (Å²) in [5.74, 6) is -0.0951. The van der Waals surface area contributed by atoms with Crippen molar-refractivity contribution in [3.63, 3.8) is 0 Å². The third kappa shape index (κ3) is 1.31. The largest absolute Gasteiger partial charge is 0.351 e. The molecular weight excluding hydrogens is 221 g/mol. The predicted molar refractivity (Wildman–Crippen MR) is 58.3 cm³/mol. The zero-order chi connectivity index (χ0) is 10.3. The van der Waals surface area contributed by atoms with Crippen molar-refractivity contribution in [1.82, 2.24) is 4.98 Å². The fraction of sp³-hybridized carbons (Fsp3) is 0.100. The molecule has 0 saturated heterocycles. The second-order valence-electron chi connectivity index (χ2n) is 3.03. The molecule has 0 saturated carbocycles. The van der Waals surface area contributed by atoms with E-state index in [-0.39, 0.29) is 5.78 Å². The summed E-state index contributed by atoms with van der Waals surface area (Å²) < 4.78 is 0. The van der Waals surface area contributed by atoms with Crippen LogP contribution in [0.5, 0.6) is 0 Å². The van der Waals surface area contributed by atoms with Crippen LogP contribution >= 0.6 is 23.2 Å². The van der Waals surface area contributed by atoms with Crippen LogP contribution < -0.4 is 0 Å². The number of ketones is 1. The summed E-state index contributed by atoms with van der Waals surface area (Å²) in [6.07, 6.45) is 0. The van der Waals surface area contributed by atoms with Crippen LogP contribution in [0.2, 0.25) is 10.0 Å². The normalized spacial score (nSPS) is 10.8. The topological polar surface area (TPSA) is 32.9 Å². The molecule has 0 spiro atoms. The molecule has 1 heterocycles. The van der Waals surface area contributed by atoms with E-state index in [9.17, 15) is 4.79 Å². The highest BCUT2D eigenvalue weighted by molar-refractivity contribution is 6.44. The Morgan fingerprint density at radius 1 is 1.36 bits per heavy atom. The summed E-state index contributed by atoms with van der Waals surface area (Å²) in [6, 6.07) is 5.38. The number of hydrogen-bond donors (Lipinski definition) is 1. The van der Waals surface area contributed by atoms with E-state index in [0.29, 0.717) is 21.1 Å². The second-order valence-corrected chi connectivity index (χ2v) is 3.82. The van der Waals surface area contributed by atoms with E-state index in [1.165, 1.54) is 6.92 Å². The van der Waals surface area contributed by atoms with Gasteiger partial charge in [-0.15, -0.1) is 0 Å². The Hall–Kier alpha value is -0.990. The van der Waals surface area contributed by atoms with Gasteiger partial charge in [0.25, 0.3) is 0 Å². The minimum atomic E-state index is -0.0951. The van der Waals surface area contributed by atoms with Gasteiger partial charge in [0.15, 0.2) is 5.78 Å². The first-order valence-corrected chi connectivity index (χ1v) is 4.83. The van der Waals surface area contributed by atoms with Gasteiger partial charge in [0.05, 0.1) is 10.0 Å². The second kappa shape index (κ2) is 3.30. The number of H-pyrrole nitrogens is 1. The Morgan fingerprint density at radius 2 is 2.07 bits per heavy atom. The van der Waals surface area contributed by atoms with Crippen molar-refractivity contribution in [2.75, 3.05) is 0 Å². The van der Waals surface area contributed by atoms with E-state index in [4.69, 9.17) is 23.2 Å². The summed E-state index contributed by atoms with van der Waals surface area (Å²) in [7, 11) is 0. The molecule has 2 rings (SSSR count). The van der Waals surface area contributed by atoms with Gasteiger partial charge in [0, 0.05) is 17.8 Å². The lowest BCUT2D eigenvalue weighted by Crippen LogP contribution is -1.91. The summed E-state index contributed by atoms with van der Waals surface area (Å²) in [5.41, 5.74) is 1.20. The SMILES string of the molecule is CC(=O)c1[nH]c2cccc(Cl)c2c1Cl. The molecule has 0 amide bonds. The maximum atomic E-state index is 11.2. The van der Waals surface area contributed by atoms with Crippen LogP contribution in [0.15, 0.2) is 18.2 Å². The molecule has 0 unspecified atom stereocenters. The molecule has 14 heavy (non-hydrogen) atoms. The molecule has 1 aromatic carbocycles. The first-order valence-electron chi connectivity index (χ1n) is 4.08. The van der Waals surface area contributed by atoms with Gasteiger partial charge in [-0.05, 0) is 12.1 Å². The van der Waals surface area contributed by atoms with E-state index < -0.39 is 0 Å². The number of carbonyl (C=O) groups excluding carboxylic acids is 1. The lowest BCUT2D eigenvalue weighted by molar-refractivity contribution is 0.101. The number of rotatable bonds is 1. The number of benzene rings is 1. The summed E-state index contributed by atoms with van der Waals surface area (Å²) in [6.45, 7) is 1.46. The number of aromatic amines is 1. The molecule has 0 aliphatic rings. The van der Waals surface area contributed by atoms with Gasteiger partial charge in [0.2, 0.25) is 0 Å². The molecule has 1 aromatic heterocycles. The van der Waals surface area contributed by atoms with Crippen LogP contribution in [0.4, 0.5) is 0 Å². The van der Waals surface area contributed by atoms with Gasteiger partial charge in [-0.25, -0.2) is 0 Å². The number of Topliss-reactive ketones (excluding diaryl/α,β-unsaturated/α-hetero) is 1. The van der Waals surface area contributed by atoms with E-state index in [1.54, 1.807) is 12.1 Å². The number of carbonyl (C=O) groups is 1. The third-order valence-electron chi connectivity index (χ3n) is 2.06. The number of halogens is 2. The maximum absolute atomic E-state index is 11.2. The van der Waals surface area contributed by atoms with Gasteiger partial charge >= 0.3 is 0 Å². The summed E-state index contributed by atoms with van der Waals surface area (Å²) >= 11 is 12.0. The first kappa shape index (κ1) is 9.56. The zero-order valence-electron chi connectivity index (χ0n) is 7.40. The van der Waals surface area contributed by atoms with Crippen molar-refractivity contribution in [3.8, 4) is 0 Å². The lowest BCUT2D eigenvalue weighted by Gasteiger charge is -1.92. The van der Waals surface area contributed by atoms with Crippen molar-refractivity contribution < 1.29 is 4.79 Å². The smallest absolute Gasteiger partial charge is 0.177 e. The Kier molecular flexibility index (Phi) is 2.25. The molecule has 72 valence electrons. The Bertz CT molecular complexity index is 516. The molecule has 2 nitrogen and oxygen atoms in total. The van der Waals surface area contributed by atoms with Gasteiger partial charge in [0.1, 0.15) is 5.69 Å². The maximum Gasteiger partial charge on any atom is 0.177 e. The number of fused-ring (bicyclic) bond motifs is 1.